The first-order valence-electron chi connectivity index (χ1n) is 4.08. The van der Waals surface area contributed by atoms with Gasteiger partial charge in [0.2, 0.25) is 0 Å². The fraction of sp³-hybridized carbons (Fsp3) is 0.200. The number of hydrogen-bond acceptors (Lipinski definition) is 3. The summed E-state index contributed by atoms with van der Waals surface area (Å²) < 4.78 is 5.07. The van der Waals surface area contributed by atoms with Crippen molar-refractivity contribution in [3.8, 4) is 5.75 Å². The number of hydrogen-bond donors (Lipinski definition) is 2. The molecule has 0 aliphatic heterocycles. The predicted molar refractivity (Wildman–Crippen MR) is 54.2 cm³/mol. The van der Waals surface area contributed by atoms with E-state index in [2.05, 4.69) is 0 Å². The van der Waals surface area contributed by atoms with Gasteiger partial charge in [0.1, 0.15) is 5.75 Å². The fourth-order valence-electron chi connectivity index (χ4n) is 1.05. The highest BCUT2D eigenvalue weighted by molar-refractivity contribution is 5.63. The van der Waals surface area contributed by atoms with E-state index in [-0.39, 0.29) is 0 Å². The summed E-state index contributed by atoms with van der Waals surface area (Å²) in [5.41, 5.74) is 12.7. The van der Waals surface area contributed by atoms with Gasteiger partial charge >= 0.3 is 0 Å². The summed E-state index contributed by atoms with van der Waals surface area (Å²) in [6, 6.07) is 7.57. The quantitative estimate of drug-likeness (QED) is 0.724. The summed E-state index contributed by atoms with van der Waals surface area (Å²) in [6.07, 6.45) is 1.77. The van der Waals surface area contributed by atoms with Crippen LogP contribution in [0.2, 0.25) is 0 Å². The van der Waals surface area contributed by atoms with Gasteiger partial charge in [0.15, 0.2) is 0 Å². The predicted octanol–water partition coefficient (Wildman–Crippen LogP) is 0.954. The maximum absolute atomic E-state index is 5.75. The lowest BCUT2D eigenvalue weighted by Gasteiger charge is -2.04. The van der Waals surface area contributed by atoms with Crippen LogP contribution >= 0.6 is 0 Å². The van der Waals surface area contributed by atoms with Crippen molar-refractivity contribution in [1.82, 2.24) is 0 Å². The van der Waals surface area contributed by atoms with Crippen molar-refractivity contribution < 1.29 is 4.74 Å². The van der Waals surface area contributed by atoms with Crippen LogP contribution in [0.4, 0.5) is 0 Å². The highest BCUT2D eigenvalue weighted by Gasteiger charge is 1.97. The lowest BCUT2D eigenvalue weighted by Crippen LogP contribution is -2.02. The zero-order valence-electron chi connectivity index (χ0n) is 7.66. The van der Waals surface area contributed by atoms with E-state index < -0.39 is 0 Å². The molecule has 1 aromatic rings. The molecule has 0 aromatic heterocycles. The summed E-state index contributed by atoms with van der Waals surface area (Å²) in [4.78, 5) is 0. The molecule has 0 unspecified atom stereocenters. The van der Waals surface area contributed by atoms with Crippen molar-refractivity contribution in [2.24, 2.45) is 11.5 Å². The van der Waals surface area contributed by atoms with Crippen molar-refractivity contribution >= 4 is 5.70 Å². The van der Waals surface area contributed by atoms with E-state index >= 15 is 0 Å². The number of nitrogens with two attached hydrogens (primary N) is 2. The largest absolute Gasteiger partial charge is 0.497 e. The minimum atomic E-state index is 0.447. The van der Waals surface area contributed by atoms with E-state index in [1.54, 1.807) is 13.2 Å². The van der Waals surface area contributed by atoms with E-state index in [0.29, 0.717) is 12.2 Å². The minimum Gasteiger partial charge on any atom is -0.497 e. The normalized spacial score (nSPS) is 11.4. The Morgan fingerprint density at radius 3 is 2.92 bits per heavy atom. The maximum Gasteiger partial charge on any atom is 0.119 e. The van der Waals surface area contributed by atoms with Crippen LogP contribution in [0.3, 0.4) is 0 Å². The average molecular weight is 178 g/mol. The zero-order valence-corrected chi connectivity index (χ0v) is 7.66. The standard InChI is InChI=1S/C10H14N2O/c1-13-9-4-2-3-8(7-9)10(12)5-6-11/h2-5,7H,6,11-12H2,1H3/b10-5-. The lowest BCUT2D eigenvalue weighted by molar-refractivity contribution is 0.414. The molecule has 70 valence electrons. The Bertz CT molecular complexity index is 308. The molecule has 13 heavy (non-hydrogen) atoms. The van der Waals surface area contributed by atoms with Gasteiger partial charge in [-0.3, -0.25) is 0 Å². The Kier molecular flexibility index (Phi) is 3.34. The van der Waals surface area contributed by atoms with E-state index in [0.717, 1.165) is 11.3 Å². The summed E-state index contributed by atoms with van der Waals surface area (Å²) >= 11 is 0. The molecule has 0 saturated heterocycles. The first kappa shape index (κ1) is 9.61. The van der Waals surface area contributed by atoms with Crippen LogP contribution in [-0.4, -0.2) is 13.7 Å². The van der Waals surface area contributed by atoms with Gasteiger partial charge in [-0.15, -0.1) is 0 Å². The molecule has 0 bridgehead atoms. The van der Waals surface area contributed by atoms with Gasteiger partial charge < -0.3 is 16.2 Å². The Balaban J connectivity index is 2.94. The Morgan fingerprint density at radius 2 is 2.31 bits per heavy atom. The van der Waals surface area contributed by atoms with Crippen LogP contribution in [0.15, 0.2) is 30.3 Å². The molecule has 0 amide bonds. The van der Waals surface area contributed by atoms with Gasteiger partial charge in [0.05, 0.1) is 7.11 Å². The van der Waals surface area contributed by atoms with Gasteiger partial charge in [-0.2, -0.15) is 0 Å². The number of rotatable bonds is 3. The monoisotopic (exact) mass is 178 g/mol. The molecule has 0 fully saturated rings. The molecule has 3 nitrogen and oxygen atoms in total. The van der Waals surface area contributed by atoms with E-state index in [1.807, 2.05) is 24.3 Å². The molecule has 0 aliphatic rings. The topological polar surface area (TPSA) is 61.3 Å². The maximum atomic E-state index is 5.75. The molecular formula is C10H14N2O. The minimum absolute atomic E-state index is 0.447. The van der Waals surface area contributed by atoms with Crippen molar-refractivity contribution in [2.45, 2.75) is 0 Å². The summed E-state index contributed by atoms with van der Waals surface area (Å²) in [5, 5.41) is 0. The molecule has 3 heteroatoms. The van der Waals surface area contributed by atoms with Crippen LogP contribution in [-0.2, 0) is 0 Å². The van der Waals surface area contributed by atoms with Gasteiger partial charge in [-0.1, -0.05) is 12.1 Å². The number of ether oxygens (including phenoxy) is 1. The highest BCUT2D eigenvalue weighted by Crippen LogP contribution is 2.16. The van der Waals surface area contributed by atoms with Crippen LogP contribution in [0.1, 0.15) is 5.56 Å². The molecule has 0 spiro atoms. The number of methoxy groups -OCH3 is 1. The van der Waals surface area contributed by atoms with Crippen LogP contribution in [0, 0.1) is 0 Å². The van der Waals surface area contributed by atoms with E-state index in [9.17, 15) is 0 Å². The van der Waals surface area contributed by atoms with Crippen molar-refractivity contribution in [3.63, 3.8) is 0 Å². The molecule has 4 N–H and O–H groups in total. The Hall–Kier alpha value is -1.48. The fourth-order valence-corrected chi connectivity index (χ4v) is 1.05. The third-order valence-electron chi connectivity index (χ3n) is 1.74. The first-order valence-corrected chi connectivity index (χ1v) is 4.08. The second kappa shape index (κ2) is 4.52. The first-order chi connectivity index (χ1) is 6.27. The van der Waals surface area contributed by atoms with Crippen LogP contribution in [0.5, 0.6) is 5.75 Å². The summed E-state index contributed by atoms with van der Waals surface area (Å²) in [5.74, 6) is 0.797. The second-order valence-corrected chi connectivity index (χ2v) is 2.63. The SMILES string of the molecule is COc1cccc(/C(N)=C/CN)c1. The van der Waals surface area contributed by atoms with Crippen molar-refractivity contribution in [2.75, 3.05) is 13.7 Å². The molecular weight excluding hydrogens is 164 g/mol. The molecule has 0 atom stereocenters. The Morgan fingerprint density at radius 1 is 1.54 bits per heavy atom. The third-order valence-corrected chi connectivity index (χ3v) is 1.74. The number of benzene rings is 1. The summed E-state index contributed by atoms with van der Waals surface area (Å²) in [7, 11) is 1.63. The molecule has 0 radical (unpaired) electrons. The van der Waals surface area contributed by atoms with E-state index in [4.69, 9.17) is 16.2 Å². The third kappa shape index (κ3) is 2.49. The van der Waals surface area contributed by atoms with Crippen molar-refractivity contribution in [3.05, 3.63) is 35.9 Å². The molecule has 0 aliphatic carbocycles. The van der Waals surface area contributed by atoms with Gasteiger partial charge in [0.25, 0.3) is 0 Å². The smallest absolute Gasteiger partial charge is 0.119 e. The highest BCUT2D eigenvalue weighted by atomic mass is 16.5. The molecule has 1 rings (SSSR count). The zero-order chi connectivity index (χ0) is 9.68. The average Bonchev–Trinajstić information content (AvgIpc) is 2.18. The second-order valence-electron chi connectivity index (χ2n) is 2.63. The Labute approximate surface area is 78.0 Å². The van der Waals surface area contributed by atoms with Gasteiger partial charge in [-0.25, -0.2) is 0 Å². The van der Waals surface area contributed by atoms with Crippen LogP contribution in [0.25, 0.3) is 5.70 Å². The van der Waals surface area contributed by atoms with Crippen LogP contribution < -0.4 is 16.2 Å². The van der Waals surface area contributed by atoms with Crippen molar-refractivity contribution in [1.29, 1.82) is 0 Å². The lowest BCUT2D eigenvalue weighted by atomic mass is 10.1. The van der Waals surface area contributed by atoms with E-state index in [1.165, 1.54) is 0 Å². The molecule has 0 heterocycles. The summed E-state index contributed by atoms with van der Waals surface area (Å²) in [6.45, 7) is 0.447. The molecule has 1 aromatic carbocycles. The molecule has 0 saturated carbocycles. The van der Waals surface area contributed by atoms with Gasteiger partial charge in [-0.05, 0) is 18.2 Å². The van der Waals surface area contributed by atoms with Gasteiger partial charge in [0, 0.05) is 17.8 Å².